The maximum absolute atomic E-state index is 13.3. The number of benzene rings is 2. The van der Waals surface area contributed by atoms with Crippen LogP contribution in [-0.4, -0.2) is 4.92 Å². The van der Waals surface area contributed by atoms with E-state index in [2.05, 4.69) is 0 Å². The summed E-state index contributed by atoms with van der Waals surface area (Å²) in [6.45, 7) is -0.0708. The Hall–Kier alpha value is -1.85. The van der Waals surface area contributed by atoms with Gasteiger partial charge in [-0.2, -0.15) is 0 Å². The number of hydrogen-bond acceptors (Lipinski definition) is 3. The molecular formula is C14H10Cl2FNO3. The summed E-state index contributed by atoms with van der Waals surface area (Å²) in [6, 6.07) is 8.35. The monoisotopic (exact) mass is 329 g/mol. The first kappa shape index (κ1) is 15.5. The van der Waals surface area contributed by atoms with E-state index >= 15 is 0 Å². The van der Waals surface area contributed by atoms with Crippen molar-refractivity contribution in [3.63, 3.8) is 0 Å². The molecule has 0 spiro atoms. The highest BCUT2D eigenvalue weighted by atomic mass is 35.5. The van der Waals surface area contributed by atoms with Crippen molar-refractivity contribution in [1.82, 2.24) is 0 Å². The average molecular weight is 330 g/mol. The summed E-state index contributed by atoms with van der Waals surface area (Å²) in [7, 11) is 0. The van der Waals surface area contributed by atoms with Gasteiger partial charge in [-0.3, -0.25) is 10.1 Å². The first-order valence-electron chi connectivity index (χ1n) is 5.90. The zero-order chi connectivity index (χ0) is 15.4. The molecule has 4 nitrogen and oxygen atoms in total. The second kappa shape index (κ2) is 6.74. The van der Waals surface area contributed by atoms with Crippen LogP contribution >= 0.6 is 23.2 Å². The Morgan fingerprint density at radius 1 is 1.24 bits per heavy atom. The Morgan fingerprint density at radius 3 is 2.67 bits per heavy atom. The van der Waals surface area contributed by atoms with E-state index in [1.807, 2.05) is 0 Å². The van der Waals surface area contributed by atoms with Gasteiger partial charge in [0.05, 0.1) is 10.5 Å². The number of ether oxygens (including phenoxy) is 1. The van der Waals surface area contributed by atoms with Gasteiger partial charge in [0.1, 0.15) is 18.2 Å². The van der Waals surface area contributed by atoms with Crippen LogP contribution in [0.15, 0.2) is 36.4 Å². The Bertz CT molecular complexity index is 679. The van der Waals surface area contributed by atoms with E-state index < -0.39 is 10.7 Å². The van der Waals surface area contributed by atoms with Crippen molar-refractivity contribution >= 4 is 28.9 Å². The summed E-state index contributed by atoms with van der Waals surface area (Å²) in [5.41, 5.74) is 0.773. The topological polar surface area (TPSA) is 52.4 Å². The molecule has 0 aliphatic rings. The third-order valence-corrected chi connectivity index (χ3v) is 3.27. The number of halogens is 3. The van der Waals surface area contributed by atoms with Crippen LogP contribution in [0.1, 0.15) is 11.1 Å². The second-order valence-corrected chi connectivity index (χ2v) is 4.95. The minimum atomic E-state index is -0.541. The fourth-order valence-corrected chi connectivity index (χ4v) is 2.09. The first-order chi connectivity index (χ1) is 9.99. The molecule has 0 atom stereocenters. The van der Waals surface area contributed by atoms with Gasteiger partial charge in [-0.05, 0) is 29.8 Å². The molecule has 0 unspecified atom stereocenters. The van der Waals surface area contributed by atoms with Crippen LogP contribution in [0, 0.1) is 15.9 Å². The number of nitro groups is 1. The average Bonchev–Trinajstić information content (AvgIpc) is 2.45. The van der Waals surface area contributed by atoms with Crippen LogP contribution in [0.5, 0.6) is 5.75 Å². The highest BCUT2D eigenvalue weighted by molar-refractivity contribution is 6.30. The van der Waals surface area contributed by atoms with Crippen LogP contribution in [0.25, 0.3) is 0 Å². The van der Waals surface area contributed by atoms with Crippen molar-refractivity contribution in [3.05, 3.63) is 68.5 Å². The molecule has 7 heteroatoms. The van der Waals surface area contributed by atoms with E-state index in [-0.39, 0.29) is 28.9 Å². The molecular weight excluding hydrogens is 320 g/mol. The fraction of sp³-hybridized carbons (Fsp3) is 0.143. The Balaban J connectivity index is 2.20. The number of nitro benzene ring substituents is 1. The molecule has 110 valence electrons. The van der Waals surface area contributed by atoms with Crippen molar-refractivity contribution in [2.75, 3.05) is 0 Å². The lowest BCUT2D eigenvalue weighted by molar-refractivity contribution is -0.385. The van der Waals surface area contributed by atoms with Crippen LogP contribution in [0.4, 0.5) is 10.1 Å². The lowest BCUT2D eigenvalue weighted by atomic mass is 10.2. The van der Waals surface area contributed by atoms with E-state index in [0.29, 0.717) is 11.1 Å². The fourth-order valence-electron chi connectivity index (χ4n) is 1.77. The predicted octanol–water partition coefficient (Wildman–Crippen LogP) is 4.71. The largest absolute Gasteiger partial charge is 0.489 e. The van der Waals surface area contributed by atoms with E-state index in [1.165, 1.54) is 30.3 Å². The standard InChI is InChI=1S/C14H10Cl2FNO3/c15-7-9-3-12(17)6-13(4-9)21-8-10-1-2-11(16)5-14(10)18(19)20/h1-6H,7-8H2. The second-order valence-electron chi connectivity index (χ2n) is 4.25. The number of hydrogen-bond donors (Lipinski definition) is 0. The van der Waals surface area contributed by atoms with E-state index in [1.54, 1.807) is 6.07 Å². The molecule has 21 heavy (non-hydrogen) atoms. The summed E-state index contributed by atoms with van der Waals surface area (Å²) in [6.07, 6.45) is 0. The minimum absolute atomic E-state index is 0.0708. The third-order valence-electron chi connectivity index (χ3n) is 2.72. The van der Waals surface area contributed by atoms with Gasteiger partial charge in [0.15, 0.2) is 0 Å². The Kier molecular flexibility index (Phi) is 4.98. The number of nitrogens with zero attached hydrogens (tertiary/aromatic N) is 1. The molecule has 0 bridgehead atoms. The summed E-state index contributed by atoms with van der Waals surface area (Å²) in [5.74, 6) is -0.0708. The van der Waals surface area contributed by atoms with Crippen LogP contribution < -0.4 is 4.74 Å². The van der Waals surface area contributed by atoms with Crippen molar-refractivity contribution in [2.24, 2.45) is 0 Å². The molecule has 2 aromatic carbocycles. The van der Waals surface area contributed by atoms with Gasteiger partial charge in [0.25, 0.3) is 5.69 Å². The van der Waals surface area contributed by atoms with E-state index in [4.69, 9.17) is 27.9 Å². The first-order valence-corrected chi connectivity index (χ1v) is 6.82. The van der Waals surface area contributed by atoms with Gasteiger partial charge >= 0.3 is 0 Å². The van der Waals surface area contributed by atoms with Crippen molar-refractivity contribution in [3.8, 4) is 5.75 Å². The van der Waals surface area contributed by atoms with Gasteiger partial charge in [-0.15, -0.1) is 11.6 Å². The zero-order valence-corrected chi connectivity index (χ0v) is 12.2. The van der Waals surface area contributed by atoms with Gasteiger partial charge in [0.2, 0.25) is 0 Å². The van der Waals surface area contributed by atoms with Crippen LogP contribution in [0.2, 0.25) is 5.02 Å². The minimum Gasteiger partial charge on any atom is -0.489 e. The molecule has 0 heterocycles. The molecule has 0 N–H and O–H groups in total. The smallest absolute Gasteiger partial charge is 0.277 e. The lowest BCUT2D eigenvalue weighted by Gasteiger charge is -2.08. The molecule has 2 aromatic rings. The SMILES string of the molecule is O=[N+]([O-])c1cc(Cl)ccc1COc1cc(F)cc(CCl)c1. The molecule has 0 saturated carbocycles. The normalized spacial score (nSPS) is 10.4. The molecule has 0 saturated heterocycles. The third kappa shape index (κ3) is 4.06. The predicted molar refractivity (Wildman–Crippen MR) is 78.4 cm³/mol. The van der Waals surface area contributed by atoms with Gasteiger partial charge in [-0.25, -0.2) is 4.39 Å². The molecule has 0 aliphatic carbocycles. The maximum atomic E-state index is 13.3. The van der Waals surface area contributed by atoms with Gasteiger partial charge < -0.3 is 4.74 Å². The highest BCUT2D eigenvalue weighted by Gasteiger charge is 2.15. The van der Waals surface area contributed by atoms with Crippen molar-refractivity contribution in [2.45, 2.75) is 12.5 Å². The summed E-state index contributed by atoms with van der Waals surface area (Å²) < 4.78 is 18.7. The van der Waals surface area contributed by atoms with Gasteiger partial charge in [-0.1, -0.05) is 11.6 Å². The van der Waals surface area contributed by atoms with Crippen LogP contribution in [-0.2, 0) is 12.5 Å². The molecule has 0 amide bonds. The highest BCUT2D eigenvalue weighted by Crippen LogP contribution is 2.25. The molecule has 0 radical (unpaired) electrons. The van der Waals surface area contributed by atoms with Crippen LogP contribution in [0.3, 0.4) is 0 Å². The number of alkyl halides is 1. The van der Waals surface area contributed by atoms with Gasteiger partial charge in [0, 0.05) is 23.0 Å². The Morgan fingerprint density at radius 2 is 2.00 bits per heavy atom. The van der Waals surface area contributed by atoms with Crippen molar-refractivity contribution < 1.29 is 14.1 Å². The maximum Gasteiger partial charge on any atom is 0.277 e. The lowest BCUT2D eigenvalue weighted by Crippen LogP contribution is -2.01. The molecule has 0 aliphatic heterocycles. The summed E-state index contributed by atoms with van der Waals surface area (Å²) in [4.78, 5) is 10.4. The van der Waals surface area contributed by atoms with Crippen molar-refractivity contribution in [1.29, 1.82) is 0 Å². The summed E-state index contributed by atoms with van der Waals surface area (Å²) >= 11 is 11.4. The van der Waals surface area contributed by atoms with E-state index in [9.17, 15) is 14.5 Å². The Labute approximate surface area is 130 Å². The molecule has 0 aromatic heterocycles. The zero-order valence-electron chi connectivity index (χ0n) is 10.7. The molecule has 0 fully saturated rings. The summed E-state index contributed by atoms with van der Waals surface area (Å²) in [5, 5.41) is 11.2. The van der Waals surface area contributed by atoms with E-state index in [0.717, 1.165) is 0 Å². The quantitative estimate of drug-likeness (QED) is 0.453. The molecule has 2 rings (SSSR count). The number of rotatable bonds is 5.